The van der Waals surface area contributed by atoms with Crippen LogP contribution >= 0.6 is 0 Å². The number of aromatic nitrogens is 1. The first-order chi connectivity index (χ1) is 9.78. The molecule has 1 aromatic heterocycles. The zero-order valence-corrected chi connectivity index (χ0v) is 11.4. The van der Waals surface area contributed by atoms with Gasteiger partial charge in [0, 0.05) is 23.0 Å². The highest BCUT2D eigenvalue weighted by Crippen LogP contribution is 2.28. The third-order valence-corrected chi connectivity index (χ3v) is 3.44. The van der Waals surface area contributed by atoms with Crippen molar-refractivity contribution < 1.29 is 0 Å². The van der Waals surface area contributed by atoms with E-state index in [9.17, 15) is 0 Å². The van der Waals surface area contributed by atoms with Gasteiger partial charge in [-0.2, -0.15) is 0 Å². The molecule has 1 heterocycles. The number of para-hydroxylation sites is 1. The molecule has 0 atom stereocenters. The van der Waals surface area contributed by atoms with Crippen molar-refractivity contribution in [1.29, 1.82) is 0 Å². The predicted molar refractivity (Wildman–Crippen MR) is 85.3 cm³/mol. The summed E-state index contributed by atoms with van der Waals surface area (Å²) in [6.07, 6.45) is 2.83. The van der Waals surface area contributed by atoms with Crippen LogP contribution in [0.1, 0.15) is 12.5 Å². The second-order valence-corrected chi connectivity index (χ2v) is 4.78. The Hall–Kier alpha value is -2.55. The fraction of sp³-hybridized carbons (Fsp3) is 0.118. The van der Waals surface area contributed by atoms with Crippen molar-refractivity contribution in [3.63, 3.8) is 0 Å². The number of hydrogen-bond donors (Lipinski definition) is 2. The van der Waals surface area contributed by atoms with Crippen molar-refractivity contribution in [2.75, 3.05) is 11.1 Å². The summed E-state index contributed by atoms with van der Waals surface area (Å²) in [6.45, 7) is 2.15. The molecule has 0 saturated heterocycles. The number of pyridine rings is 1. The van der Waals surface area contributed by atoms with E-state index < -0.39 is 0 Å². The van der Waals surface area contributed by atoms with Gasteiger partial charge in [-0.15, -0.1) is 0 Å². The average Bonchev–Trinajstić information content (AvgIpc) is 2.49. The summed E-state index contributed by atoms with van der Waals surface area (Å²) in [7, 11) is 0. The molecule has 20 heavy (non-hydrogen) atoms. The Morgan fingerprint density at radius 2 is 1.85 bits per heavy atom. The standard InChI is InChI=1S/C17H17N3/c1-2-12-6-8-13(9-7-12)20-16-10-11-19-17-14(16)4-3-5-15(17)18/h3-11H,2,18H2,1H3,(H,19,20). The minimum absolute atomic E-state index is 0.701. The van der Waals surface area contributed by atoms with Crippen LogP contribution in [-0.4, -0.2) is 4.98 Å². The molecule has 0 amide bonds. The van der Waals surface area contributed by atoms with Crippen LogP contribution in [0.3, 0.4) is 0 Å². The molecule has 100 valence electrons. The molecule has 3 aromatic rings. The minimum Gasteiger partial charge on any atom is -0.397 e. The SMILES string of the molecule is CCc1ccc(Nc2ccnc3c(N)cccc23)cc1. The first-order valence-electron chi connectivity index (χ1n) is 6.77. The van der Waals surface area contributed by atoms with Crippen LogP contribution in [-0.2, 0) is 6.42 Å². The fourth-order valence-corrected chi connectivity index (χ4v) is 2.29. The molecule has 0 bridgehead atoms. The summed E-state index contributed by atoms with van der Waals surface area (Å²) in [5.74, 6) is 0. The number of fused-ring (bicyclic) bond motifs is 1. The van der Waals surface area contributed by atoms with Crippen molar-refractivity contribution in [3.8, 4) is 0 Å². The van der Waals surface area contributed by atoms with Crippen molar-refractivity contribution >= 4 is 28.0 Å². The predicted octanol–water partition coefficient (Wildman–Crippen LogP) is 4.12. The largest absolute Gasteiger partial charge is 0.397 e. The fourth-order valence-electron chi connectivity index (χ4n) is 2.29. The Morgan fingerprint density at radius 3 is 2.60 bits per heavy atom. The minimum atomic E-state index is 0.701. The molecular weight excluding hydrogens is 246 g/mol. The molecule has 0 aliphatic rings. The molecule has 0 aliphatic carbocycles. The van der Waals surface area contributed by atoms with Gasteiger partial charge in [0.25, 0.3) is 0 Å². The zero-order chi connectivity index (χ0) is 13.9. The van der Waals surface area contributed by atoms with E-state index in [1.807, 2.05) is 24.3 Å². The van der Waals surface area contributed by atoms with Crippen LogP contribution in [0.2, 0.25) is 0 Å². The molecule has 0 aliphatic heterocycles. The van der Waals surface area contributed by atoms with E-state index in [2.05, 4.69) is 41.5 Å². The number of benzene rings is 2. The number of anilines is 3. The van der Waals surface area contributed by atoms with E-state index in [-0.39, 0.29) is 0 Å². The monoisotopic (exact) mass is 263 g/mol. The third-order valence-electron chi connectivity index (χ3n) is 3.44. The Balaban J connectivity index is 1.99. The molecule has 3 nitrogen and oxygen atoms in total. The Labute approximate surface area is 118 Å². The molecule has 0 spiro atoms. The molecule has 3 rings (SSSR count). The van der Waals surface area contributed by atoms with E-state index in [4.69, 9.17) is 5.73 Å². The van der Waals surface area contributed by atoms with Crippen LogP contribution in [0.5, 0.6) is 0 Å². The van der Waals surface area contributed by atoms with Crippen molar-refractivity contribution in [2.45, 2.75) is 13.3 Å². The Bertz CT molecular complexity index is 733. The molecule has 0 fully saturated rings. The number of hydrogen-bond acceptors (Lipinski definition) is 3. The lowest BCUT2D eigenvalue weighted by Gasteiger charge is -2.10. The van der Waals surface area contributed by atoms with Gasteiger partial charge in [0.1, 0.15) is 0 Å². The van der Waals surface area contributed by atoms with Gasteiger partial charge in [0.2, 0.25) is 0 Å². The van der Waals surface area contributed by atoms with Gasteiger partial charge in [-0.3, -0.25) is 4.98 Å². The van der Waals surface area contributed by atoms with E-state index in [1.165, 1.54) is 5.56 Å². The Morgan fingerprint density at radius 1 is 1.05 bits per heavy atom. The van der Waals surface area contributed by atoms with Crippen molar-refractivity contribution in [3.05, 3.63) is 60.3 Å². The van der Waals surface area contributed by atoms with Crippen LogP contribution in [0.15, 0.2) is 54.7 Å². The molecule has 0 radical (unpaired) electrons. The lowest BCUT2D eigenvalue weighted by molar-refractivity contribution is 1.14. The highest BCUT2D eigenvalue weighted by molar-refractivity contribution is 5.98. The maximum absolute atomic E-state index is 5.97. The molecule has 0 saturated carbocycles. The highest BCUT2D eigenvalue weighted by atomic mass is 14.9. The van der Waals surface area contributed by atoms with Crippen LogP contribution in [0.4, 0.5) is 17.1 Å². The van der Waals surface area contributed by atoms with E-state index in [0.717, 1.165) is 28.7 Å². The highest BCUT2D eigenvalue weighted by Gasteiger charge is 2.04. The molecule has 3 heteroatoms. The summed E-state index contributed by atoms with van der Waals surface area (Å²) < 4.78 is 0. The van der Waals surface area contributed by atoms with E-state index in [1.54, 1.807) is 6.20 Å². The number of nitrogens with two attached hydrogens (primary N) is 1. The smallest absolute Gasteiger partial charge is 0.0951 e. The van der Waals surface area contributed by atoms with Gasteiger partial charge in [0.05, 0.1) is 11.2 Å². The molecule has 3 N–H and O–H groups in total. The summed E-state index contributed by atoms with van der Waals surface area (Å²) in [5.41, 5.74) is 10.9. The summed E-state index contributed by atoms with van der Waals surface area (Å²) in [4.78, 5) is 4.35. The lowest BCUT2D eigenvalue weighted by atomic mass is 10.1. The average molecular weight is 263 g/mol. The van der Waals surface area contributed by atoms with Crippen molar-refractivity contribution in [1.82, 2.24) is 4.98 Å². The second kappa shape index (κ2) is 5.21. The zero-order valence-electron chi connectivity index (χ0n) is 11.4. The number of rotatable bonds is 3. The lowest BCUT2D eigenvalue weighted by Crippen LogP contribution is -1.95. The van der Waals surface area contributed by atoms with Crippen LogP contribution in [0, 0.1) is 0 Å². The number of nitrogens with one attached hydrogen (secondary N) is 1. The van der Waals surface area contributed by atoms with Crippen LogP contribution in [0.25, 0.3) is 10.9 Å². The Kier molecular flexibility index (Phi) is 3.25. The molecule has 2 aromatic carbocycles. The van der Waals surface area contributed by atoms with Gasteiger partial charge in [0.15, 0.2) is 0 Å². The van der Waals surface area contributed by atoms with E-state index in [0.29, 0.717) is 5.69 Å². The maximum atomic E-state index is 5.97. The van der Waals surface area contributed by atoms with Gasteiger partial charge >= 0.3 is 0 Å². The van der Waals surface area contributed by atoms with Gasteiger partial charge < -0.3 is 11.1 Å². The molecule has 0 unspecified atom stereocenters. The topological polar surface area (TPSA) is 50.9 Å². The summed E-state index contributed by atoms with van der Waals surface area (Å²) in [5, 5.41) is 4.46. The molecular formula is C17H17N3. The van der Waals surface area contributed by atoms with Gasteiger partial charge in [-0.05, 0) is 36.2 Å². The van der Waals surface area contributed by atoms with Crippen LogP contribution < -0.4 is 11.1 Å². The van der Waals surface area contributed by atoms with Gasteiger partial charge in [-0.1, -0.05) is 31.2 Å². The maximum Gasteiger partial charge on any atom is 0.0951 e. The summed E-state index contributed by atoms with van der Waals surface area (Å²) >= 11 is 0. The third kappa shape index (κ3) is 2.30. The van der Waals surface area contributed by atoms with E-state index >= 15 is 0 Å². The number of nitrogen functional groups attached to an aromatic ring is 1. The first-order valence-corrected chi connectivity index (χ1v) is 6.77. The quantitative estimate of drug-likeness (QED) is 0.699. The van der Waals surface area contributed by atoms with Gasteiger partial charge in [-0.25, -0.2) is 0 Å². The number of aryl methyl sites for hydroxylation is 1. The normalized spacial score (nSPS) is 10.7. The van der Waals surface area contributed by atoms with Crippen molar-refractivity contribution in [2.24, 2.45) is 0 Å². The first kappa shape index (κ1) is 12.5. The second-order valence-electron chi connectivity index (χ2n) is 4.78. The summed E-state index contributed by atoms with van der Waals surface area (Å²) in [6, 6.07) is 16.3. The number of nitrogens with zero attached hydrogens (tertiary/aromatic N) is 1.